The number of nitrogens with zero attached hydrogens (tertiary/aromatic N) is 1. The van der Waals surface area contributed by atoms with Crippen LogP contribution in [0.25, 0.3) is 0 Å². The van der Waals surface area contributed by atoms with Gasteiger partial charge in [-0.05, 0) is 20.2 Å². The van der Waals surface area contributed by atoms with Crippen LogP contribution in [0.3, 0.4) is 0 Å². The fourth-order valence-corrected chi connectivity index (χ4v) is 1.03. The van der Waals surface area contributed by atoms with Gasteiger partial charge in [-0.15, -0.1) is 0 Å². The lowest BCUT2D eigenvalue weighted by Gasteiger charge is -2.10. The number of phenols is 2. The molecule has 1 aromatic carbocycles. The van der Waals surface area contributed by atoms with Crippen molar-refractivity contribution in [1.29, 1.82) is 0 Å². The predicted molar refractivity (Wildman–Crippen MR) is 69.9 cm³/mol. The molecule has 0 aromatic heterocycles. The summed E-state index contributed by atoms with van der Waals surface area (Å²) in [6.45, 7) is 8.67. The van der Waals surface area contributed by atoms with Crippen LogP contribution >= 0.6 is 0 Å². The zero-order valence-electron chi connectivity index (χ0n) is 11.3. The van der Waals surface area contributed by atoms with Gasteiger partial charge in [0.1, 0.15) is 11.5 Å². The molecule has 0 heterocycles. The third-order valence-electron chi connectivity index (χ3n) is 1.56. The van der Waals surface area contributed by atoms with Gasteiger partial charge in [0.2, 0.25) is 0 Å². The van der Waals surface area contributed by atoms with Crippen molar-refractivity contribution in [2.75, 3.05) is 14.1 Å². The van der Waals surface area contributed by atoms with Crippen LogP contribution in [-0.2, 0) is 6.54 Å². The van der Waals surface area contributed by atoms with Crippen molar-refractivity contribution < 1.29 is 10.2 Å². The highest BCUT2D eigenvalue weighted by Crippen LogP contribution is 2.22. The van der Waals surface area contributed by atoms with E-state index in [4.69, 9.17) is 5.11 Å². The summed E-state index contributed by atoms with van der Waals surface area (Å²) in [4.78, 5) is 1.95. The maximum atomic E-state index is 9.35. The molecule has 94 valence electrons. The van der Waals surface area contributed by atoms with Crippen molar-refractivity contribution in [2.24, 2.45) is 0 Å². The smallest absolute Gasteiger partial charge is 0.123 e. The summed E-state index contributed by atoms with van der Waals surface area (Å²) in [6.07, 6.45) is 0. The van der Waals surface area contributed by atoms with E-state index in [1.807, 2.05) is 46.7 Å². The van der Waals surface area contributed by atoms with Gasteiger partial charge in [0.15, 0.2) is 0 Å². The quantitative estimate of drug-likeness (QED) is 0.815. The van der Waals surface area contributed by atoms with E-state index >= 15 is 0 Å². The average Bonchev–Trinajstić information content (AvgIpc) is 2.28. The summed E-state index contributed by atoms with van der Waals surface area (Å²) >= 11 is 0. The lowest BCUT2D eigenvalue weighted by molar-refractivity contribution is 0.383. The molecule has 3 heteroatoms. The van der Waals surface area contributed by atoms with E-state index in [1.165, 1.54) is 6.07 Å². The van der Waals surface area contributed by atoms with Crippen LogP contribution in [0.5, 0.6) is 11.5 Å². The highest BCUT2D eigenvalue weighted by atomic mass is 16.3. The lowest BCUT2D eigenvalue weighted by Crippen LogP contribution is -2.10. The van der Waals surface area contributed by atoms with Crippen LogP contribution in [0.2, 0.25) is 0 Å². The minimum atomic E-state index is 0.0926. The summed E-state index contributed by atoms with van der Waals surface area (Å²) in [5.74, 6) is 0.235. The third-order valence-corrected chi connectivity index (χ3v) is 1.56. The maximum Gasteiger partial charge on any atom is 0.123 e. The normalized spacial score (nSPS) is 8.69. The highest BCUT2D eigenvalue weighted by molar-refractivity contribution is 5.38. The lowest BCUT2D eigenvalue weighted by atomic mass is 10.2. The largest absolute Gasteiger partial charge is 0.508 e. The summed E-state index contributed by atoms with van der Waals surface area (Å²) < 4.78 is 0. The molecule has 0 aliphatic carbocycles. The van der Waals surface area contributed by atoms with Crippen LogP contribution in [0, 0.1) is 0 Å². The molecule has 3 nitrogen and oxygen atoms in total. The first-order chi connectivity index (χ1) is 7.59. The Hall–Kier alpha value is -1.22. The van der Waals surface area contributed by atoms with E-state index in [9.17, 15) is 5.11 Å². The van der Waals surface area contributed by atoms with E-state index in [1.54, 1.807) is 12.1 Å². The first-order valence-corrected chi connectivity index (χ1v) is 5.75. The Morgan fingerprint density at radius 3 is 1.88 bits per heavy atom. The van der Waals surface area contributed by atoms with E-state index in [0.717, 1.165) is 5.56 Å². The molecule has 0 saturated heterocycles. The topological polar surface area (TPSA) is 43.7 Å². The molecule has 0 fully saturated rings. The first kappa shape index (κ1) is 17.2. The molecule has 0 radical (unpaired) electrons. The Morgan fingerprint density at radius 1 is 1.00 bits per heavy atom. The predicted octanol–water partition coefficient (Wildman–Crippen LogP) is 3.21. The van der Waals surface area contributed by atoms with Crippen LogP contribution in [0.15, 0.2) is 18.2 Å². The van der Waals surface area contributed by atoms with Crippen LogP contribution < -0.4 is 0 Å². The Bertz CT molecular complexity index is 273. The van der Waals surface area contributed by atoms with Gasteiger partial charge >= 0.3 is 0 Å². The van der Waals surface area contributed by atoms with Gasteiger partial charge in [-0.2, -0.15) is 0 Å². The number of phenolic OH excluding ortho intramolecular Hbond substituents is 2. The van der Waals surface area contributed by atoms with Crippen molar-refractivity contribution >= 4 is 0 Å². The number of hydrogen-bond acceptors (Lipinski definition) is 3. The SMILES string of the molecule is CC.CC.CN(C)Cc1ccc(O)cc1O. The number of rotatable bonds is 2. The summed E-state index contributed by atoms with van der Waals surface area (Å²) in [7, 11) is 3.85. The summed E-state index contributed by atoms with van der Waals surface area (Å²) in [5.41, 5.74) is 0.817. The zero-order valence-corrected chi connectivity index (χ0v) is 11.3. The van der Waals surface area contributed by atoms with E-state index in [-0.39, 0.29) is 11.5 Å². The summed E-state index contributed by atoms with van der Waals surface area (Å²) in [5, 5.41) is 18.4. The molecule has 1 aromatic rings. The molecule has 0 saturated carbocycles. The van der Waals surface area contributed by atoms with Crippen LogP contribution in [0.1, 0.15) is 33.3 Å². The molecular weight excluding hydrogens is 202 g/mol. The van der Waals surface area contributed by atoms with E-state index in [2.05, 4.69) is 0 Å². The van der Waals surface area contributed by atoms with Crippen molar-refractivity contribution in [1.82, 2.24) is 4.90 Å². The molecule has 0 spiro atoms. The molecule has 0 unspecified atom stereocenters. The Labute approximate surface area is 99.3 Å². The van der Waals surface area contributed by atoms with Crippen LogP contribution in [0.4, 0.5) is 0 Å². The highest BCUT2D eigenvalue weighted by Gasteiger charge is 2.02. The second-order valence-electron chi connectivity index (χ2n) is 3.05. The van der Waals surface area contributed by atoms with Crippen molar-refractivity contribution in [2.45, 2.75) is 34.2 Å². The molecular formula is C13H25NO2. The van der Waals surface area contributed by atoms with E-state index < -0.39 is 0 Å². The molecule has 1 rings (SSSR count). The first-order valence-electron chi connectivity index (χ1n) is 5.75. The van der Waals surface area contributed by atoms with Crippen molar-refractivity contribution in [3.05, 3.63) is 23.8 Å². The Kier molecular flexibility index (Phi) is 11.1. The van der Waals surface area contributed by atoms with Crippen molar-refractivity contribution in [3.8, 4) is 11.5 Å². The average molecular weight is 227 g/mol. The minimum absolute atomic E-state index is 0.0926. The molecule has 0 amide bonds. The fourth-order valence-electron chi connectivity index (χ4n) is 1.03. The molecule has 0 atom stereocenters. The second-order valence-corrected chi connectivity index (χ2v) is 3.05. The van der Waals surface area contributed by atoms with Gasteiger partial charge in [-0.3, -0.25) is 0 Å². The van der Waals surface area contributed by atoms with Gasteiger partial charge in [0.05, 0.1) is 0 Å². The number of hydrogen-bond donors (Lipinski definition) is 2. The number of aromatic hydroxyl groups is 2. The molecule has 0 aliphatic heterocycles. The zero-order chi connectivity index (χ0) is 13.1. The molecule has 2 N–H and O–H groups in total. The Balaban J connectivity index is 0. The van der Waals surface area contributed by atoms with Gasteiger partial charge in [-0.25, -0.2) is 0 Å². The van der Waals surface area contributed by atoms with E-state index in [0.29, 0.717) is 6.54 Å². The van der Waals surface area contributed by atoms with Gasteiger partial charge in [0, 0.05) is 18.2 Å². The van der Waals surface area contributed by atoms with Gasteiger partial charge < -0.3 is 15.1 Å². The second kappa shape index (κ2) is 10.3. The van der Waals surface area contributed by atoms with Crippen molar-refractivity contribution in [3.63, 3.8) is 0 Å². The molecule has 0 aliphatic rings. The number of benzene rings is 1. The standard InChI is InChI=1S/C9H13NO2.2C2H6/c1-10(2)6-7-3-4-8(11)5-9(7)12;2*1-2/h3-5,11-12H,6H2,1-2H3;2*1-2H3. The third kappa shape index (κ3) is 7.12. The van der Waals surface area contributed by atoms with Crippen LogP contribution in [-0.4, -0.2) is 29.2 Å². The van der Waals surface area contributed by atoms with Gasteiger partial charge in [0.25, 0.3) is 0 Å². The molecule has 16 heavy (non-hydrogen) atoms. The monoisotopic (exact) mass is 227 g/mol. The molecule has 0 bridgehead atoms. The minimum Gasteiger partial charge on any atom is -0.508 e. The Morgan fingerprint density at radius 2 is 1.50 bits per heavy atom. The maximum absolute atomic E-state index is 9.35. The summed E-state index contributed by atoms with van der Waals surface area (Å²) in [6, 6.07) is 4.63. The van der Waals surface area contributed by atoms with Gasteiger partial charge in [-0.1, -0.05) is 33.8 Å². The fraction of sp³-hybridized carbons (Fsp3) is 0.538.